The Labute approximate surface area is 103 Å². The summed E-state index contributed by atoms with van der Waals surface area (Å²) in [6, 6.07) is 7.58. The lowest BCUT2D eigenvalue weighted by Crippen LogP contribution is -2.15. The minimum Gasteiger partial charge on any atom is -0.324 e. The molecular formula is C11H13NO2S2. The van der Waals surface area contributed by atoms with Crippen LogP contribution in [0.1, 0.15) is 6.92 Å². The molecule has 0 aliphatic rings. The number of thioether (sulfide) groups is 2. The number of anilines is 1. The van der Waals surface area contributed by atoms with Crippen LogP contribution in [0.25, 0.3) is 0 Å². The van der Waals surface area contributed by atoms with Crippen molar-refractivity contribution in [2.75, 3.05) is 17.3 Å². The van der Waals surface area contributed by atoms with Gasteiger partial charge in [0.05, 0.1) is 11.4 Å². The Hall–Kier alpha value is -0.940. The van der Waals surface area contributed by atoms with E-state index in [1.54, 1.807) is 11.8 Å². The Kier molecular flexibility index (Phi) is 5.42. The predicted octanol–water partition coefficient (Wildman–Crippen LogP) is 2.63. The van der Waals surface area contributed by atoms with Gasteiger partial charge in [0.1, 0.15) is 0 Å². The van der Waals surface area contributed by atoms with Gasteiger partial charge in [-0.05, 0) is 18.4 Å². The van der Waals surface area contributed by atoms with E-state index in [4.69, 9.17) is 0 Å². The zero-order chi connectivity index (χ0) is 12.0. The highest BCUT2D eigenvalue weighted by molar-refractivity contribution is 8.14. The summed E-state index contributed by atoms with van der Waals surface area (Å²) in [5, 5.41) is 2.74. The molecule has 1 aromatic rings. The molecule has 0 saturated carbocycles. The fraction of sp³-hybridized carbons (Fsp3) is 0.273. The van der Waals surface area contributed by atoms with E-state index in [1.807, 2.05) is 30.5 Å². The number of benzene rings is 1. The lowest BCUT2D eigenvalue weighted by atomic mass is 10.3. The van der Waals surface area contributed by atoms with Crippen molar-refractivity contribution in [3.63, 3.8) is 0 Å². The van der Waals surface area contributed by atoms with Gasteiger partial charge >= 0.3 is 0 Å². The van der Waals surface area contributed by atoms with E-state index in [9.17, 15) is 9.59 Å². The number of carbonyl (C=O) groups excluding carboxylic acids is 2. The average Bonchev–Trinajstić information content (AvgIpc) is 2.27. The Morgan fingerprint density at radius 1 is 1.31 bits per heavy atom. The Balaban J connectivity index is 2.58. The third kappa shape index (κ3) is 4.28. The monoisotopic (exact) mass is 255 g/mol. The van der Waals surface area contributed by atoms with Crippen LogP contribution in [0, 0.1) is 0 Å². The highest BCUT2D eigenvalue weighted by atomic mass is 32.2. The summed E-state index contributed by atoms with van der Waals surface area (Å²) in [6.45, 7) is 1.45. The Morgan fingerprint density at radius 3 is 2.62 bits per heavy atom. The van der Waals surface area contributed by atoms with Crippen LogP contribution in [0.5, 0.6) is 0 Å². The average molecular weight is 255 g/mol. The molecule has 0 aliphatic carbocycles. The van der Waals surface area contributed by atoms with Crippen LogP contribution in [0.15, 0.2) is 29.2 Å². The molecule has 1 N–H and O–H groups in total. The van der Waals surface area contributed by atoms with Crippen molar-refractivity contribution in [3.05, 3.63) is 24.3 Å². The van der Waals surface area contributed by atoms with Crippen LogP contribution in [0.2, 0.25) is 0 Å². The first kappa shape index (κ1) is 13.1. The summed E-state index contributed by atoms with van der Waals surface area (Å²) in [7, 11) is 0. The van der Waals surface area contributed by atoms with Crippen LogP contribution in [0.4, 0.5) is 5.69 Å². The van der Waals surface area contributed by atoms with Crippen molar-refractivity contribution >= 4 is 40.2 Å². The number of hydrogen-bond donors (Lipinski definition) is 1. The van der Waals surface area contributed by atoms with Crippen LogP contribution in [-0.4, -0.2) is 23.0 Å². The summed E-state index contributed by atoms with van der Waals surface area (Å²) in [4.78, 5) is 23.2. The molecule has 86 valence electrons. The third-order valence-corrected chi connectivity index (χ3v) is 3.40. The molecule has 1 amide bonds. The summed E-state index contributed by atoms with van der Waals surface area (Å²) in [5.74, 6) is 0.0135. The van der Waals surface area contributed by atoms with Crippen molar-refractivity contribution in [3.8, 4) is 0 Å². The zero-order valence-electron chi connectivity index (χ0n) is 9.15. The third-order valence-electron chi connectivity index (χ3n) is 1.79. The summed E-state index contributed by atoms with van der Waals surface area (Å²) < 4.78 is 0. The molecule has 0 atom stereocenters. The number of nitrogens with one attached hydrogen (secondary N) is 1. The van der Waals surface area contributed by atoms with Crippen LogP contribution >= 0.6 is 23.5 Å². The molecule has 3 nitrogen and oxygen atoms in total. The molecule has 0 bridgehead atoms. The maximum Gasteiger partial charge on any atom is 0.234 e. The molecule has 0 aromatic heterocycles. The van der Waals surface area contributed by atoms with E-state index < -0.39 is 0 Å². The second-order valence-corrected chi connectivity index (χ2v) is 5.03. The maximum atomic E-state index is 11.5. The highest BCUT2D eigenvalue weighted by Crippen LogP contribution is 2.24. The molecule has 5 heteroatoms. The molecule has 0 heterocycles. The van der Waals surface area contributed by atoms with E-state index in [0.717, 1.165) is 22.3 Å². The first-order valence-electron chi connectivity index (χ1n) is 4.69. The molecule has 1 rings (SSSR count). The normalized spacial score (nSPS) is 9.88. The first-order valence-corrected chi connectivity index (χ1v) is 6.90. The topological polar surface area (TPSA) is 46.2 Å². The molecule has 16 heavy (non-hydrogen) atoms. The SMILES string of the molecule is CSc1ccccc1NC(=O)CSC(C)=O. The Bertz CT molecular complexity index is 393. The number of amides is 1. The van der Waals surface area contributed by atoms with Crippen LogP contribution < -0.4 is 5.32 Å². The highest BCUT2D eigenvalue weighted by Gasteiger charge is 2.07. The van der Waals surface area contributed by atoms with Gasteiger partial charge in [-0.15, -0.1) is 11.8 Å². The number of hydrogen-bond acceptors (Lipinski definition) is 4. The van der Waals surface area contributed by atoms with E-state index >= 15 is 0 Å². The second-order valence-electron chi connectivity index (χ2n) is 3.03. The zero-order valence-corrected chi connectivity index (χ0v) is 10.8. The molecule has 1 aromatic carbocycles. The van der Waals surface area contributed by atoms with E-state index in [2.05, 4.69) is 5.32 Å². The molecule has 0 spiro atoms. The summed E-state index contributed by atoms with van der Waals surface area (Å²) in [6.07, 6.45) is 1.95. The van der Waals surface area contributed by atoms with Crippen molar-refractivity contribution < 1.29 is 9.59 Å². The number of para-hydroxylation sites is 1. The maximum absolute atomic E-state index is 11.5. The summed E-state index contributed by atoms with van der Waals surface area (Å²) >= 11 is 2.59. The second kappa shape index (κ2) is 6.60. The van der Waals surface area contributed by atoms with Gasteiger partial charge < -0.3 is 5.32 Å². The van der Waals surface area contributed by atoms with Crippen molar-refractivity contribution in [1.29, 1.82) is 0 Å². The van der Waals surface area contributed by atoms with E-state index in [0.29, 0.717) is 0 Å². The molecule has 0 saturated heterocycles. The van der Waals surface area contributed by atoms with Gasteiger partial charge in [-0.1, -0.05) is 23.9 Å². The van der Waals surface area contributed by atoms with Gasteiger partial charge in [0.15, 0.2) is 5.12 Å². The van der Waals surface area contributed by atoms with Crippen molar-refractivity contribution in [1.82, 2.24) is 0 Å². The van der Waals surface area contributed by atoms with Crippen molar-refractivity contribution in [2.24, 2.45) is 0 Å². The largest absolute Gasteiger partial charge is 0.324 e. The number of rotatable bonds is 4. The van der Waals surface area contributed by atoms with Gasteiger partial charge in [-0.25, -0.2) is 0 Å². The van der Waals surface area contributed by atoms with Gasteiger partial charge in [-0.2, -0.15) is 0 Å². The van der Waals surface area contributed by atoms with Gasteiger partial charge in [0.2, 0.25) is 5.91 Å². The van der Waals surface area contributed by atoms with Crippen LogP contribution in [-0.2, 0) is 9.59 Å². The lowest BCUT2D eigenvalue weighted by molar-refractivity contribution is -0.114. The quantitative estimate of drug-likeness (QED) is 0.840. The smallest absolute Gasteiger partial charge is 0.234 e. The standard InChI is InChI=1S/C11H13NO2S2/c1-8(13)16-7-11(14)12-9-5-3-4-6-10(9)15-2/h3-6H,7H2,1-2H3,(H,12,14). The molecular weight excluding hydrogens is 242 g/mol. The Morgan fingerprint density at radius 2 is 2.00 bits per heavy atom. The fourth-order valence-corrected chi connectivity index (χ4v) is 2.06. The number of carbonyl (C=O) groups is 2. The first-order chi connectivity index (χ1) is 7.63. The minimum absolute atomic E-state index is 0.0479. The van der Waals surface area contributed by atoms with Gasteiger partial charge in [0.25, 0.3) is 0 Å². The minimum atomic E-state index is -0.151. The van der Waals surface area contributed by atoms with Crippen LogP contribution in [0.3, 0.4) is 0 Å². The molecule has 0 radical (unpaired) electrons. The molecule has 0 fully saturated rings. The van der Waals surface area contributed by atoms with Crippen molar-refractivity contribution in [2.45, 2.75) is 11.8 Å². The lowest BCUT2D eigenvalue weighted by Gasteiger charge is -2.08. The van der Waals surface area contributed by atoms with Gasteiger partial charge in [0, 0.05) is 11.8 Å². The van der Waals surface area contributed by atoms with Gasteiger partial charge in [-0.3, -0.25) is 9.59 Å². The van der Waals surface area contributed by atoms with E-state index in [1.165, 1.54) is 6.92 Å². The van der Waals surface area contributed by atoms with E-state index in [-0.39, 0.29) is 16.8 Å². The summed E-state index contributed by atoms with van der Waals surface area (Å²) in [5.41, 5.74) is 0.796. The fourth-order valence-electron chi connectivity index (χ4n) is 1.10. The molecule has 0 unspecified atom stereocenters. The molecule has 0 aliphatic heterocycles. The predicted molar refractivity (Wildman–Crippen MR) is 70.0 cm³/mol.